The third kappa shape index (κ3) is 4.39. The highest BCUT2D eigenvalue weighted by molar-refractivity contribution is 5.81. The first kappa shape index (κ1) is 25.0. The highest BCUT2D eigenvalue weighted by atomic mass is 19.1. The Morgan fingerprint density at radius 2 is 1.78 bits per heavy atom. The molecule has 0 heterocycles. The van der Waals surface area contributed by atoms with Crippen LogP contribution >= 0.6 is 0 Å². The highest BCUT2D eigenvalue weighted by Gasteiger charge is 2.59. The van der Waals surface area contributed by atoms with Crippen LogP contribution in [0.2, 0.25) is 0 Å². The molecule has 6 aliphatic rings. The van der Waals surface area contributed by atoms with Crippen LogP contribution in [0.1, 0.15) is 76.7 Å². The number of hydrogen-bond acceptors (Lipinski definition) is 5. The zero-order valence-corrected chi connectivity index (χ0v) is 21.9. The second-order valence-corrected chi connectivity index (χ2v) is 12.8. The van der Waals surface area contributed by atoms with Gasteiger partial charge in [-0.25, -0.2) is 4.39 Å². The van der Waals surface area contributed by atoms with Crippen molar-refractivity contribution in [2.45, 2.75) is 95.4 Å². The van der Waals surface area contributed by atoms with Crippen molar-refractivity contribution in [3.05, 3.63) is 23.5 Å². The number of carbonyl (C=O) groups excluding carboxylic acids is 1. The van der Waals surface area contributed by atoms with Gasteiger partial charge in [0.2, 0.25) is 5.91 Å². The Kier molecular flexibility index (Phi) is 6.16. The van der Waals surface area contributed by atoms with Gasteiger partial charge in [0.05, 0.1) is 24.5 Å². The quantitative estimate of drug-likeness (QED) is 0.452. The molecular formula is C29H39FN2O5. The van der Waals surface area contributed by atoms with E-state index in [0.717, 1.165) is 50.0 Å². The SMILES string of the molecule is COc1cc(F)c(OC2CCC(C)(C(=O)O)CC2)cc1CN[C@@H]1[C@H]2CC[C@H](C2)[C@@H]1C(=O)NC12CC(C1)C2. The molecule has 0 aliphatic heterocycles. The average molecular weight is 515 g/mol. The van der Waals surface area contributed by atoms with Crippen LogP contribution in [0.15, 0.2) is 12.1 Å². The molecule has 8 heteroatoms. The van der Waals surface area contributed by atoms with Crippen molar-refractivity contribution in [3.63, 3.8) is 0 Å². The van der Waals surface area contributed by atoms with Crippen molar-refractivity contribution >= 4 is 11.9 Å². The van der Waals surface area contributed by atoms with Crippen LogP contribution in [-0.2, 0) is 16.1 Å². The standard InChI is InChI=1S/C29H39FN2O5/c1-28(27(34)35)7-5-20(6-8-28)37-23-10-19(22(36-2)11-21(23)30)15-31-25-18-4-3-17(9-18)24(25)26(33)32-29-12-16(13-29)14-29/h10-11,16-18,20,24-25,31H,3-9,12-15H2,1-2H3,(H,32,33)(H,34,35)/t16?,17-,18+,20?,24+,25-,28?,29?/m1/s1. The van der Waals surface area contributed by atoms with Crippen LogP contribution in [-0.4, -0.2) is 41.8 Å². The average Bonchev–Trinajstić information content (AvgIpc) is 3.44. The number of carboxylic acid groups (broad SMARTS) is 1. The molecule has 6 saturated carbocycles. The predicted octanol–water partition coefficient (Wildman–Crippen LogP) is 4.42. The third-order valence-corrected chi connectivity index (χ3v) is 10.4. The van der Waals surface area contributed by atoms with Crippen LogP contribution < -0.4 is 20.1 Å². The number of methoxy groups -OCH3 is 1. The Morgan fingerprint density at radius 3 is 2.41 bits per heavy atom. The number of hydrogen-bond donors (Lipinski definition) is 3. The van der Waals surface area contributed by atoms with Crippen LogP contribution in [0.5, 0.6) is 11.5 Å². The van der Waals surface area contributed by atoms with Crippen LogP contribution in [0.3, 0.4) is 0 Å². The summed E-state index contributed by atoms with van der Waals surface area (Å²) in [6.07, 6.45) is 8.74. The number of ether oxygens (including phenoxy) is 2. The fraction of sp³-hybridized carbons (Fsp3) is 0.724. The summed E-state index contributed by atoms with van der Waals surface area (Å²) in [6, 6.07) is 3.18. The molecule has 0 aromatic heterocycles. The van der Waals surface area contributed by atoms with Gasteiger partial charge >= 0.3 is 5.97 Å². The fourth-order valence-electron chi connectivity index (χ4n) is 7.90. The van der Waals surface area contributed by atoms with Crippen LogP contribution in [0.4, 0.5) is 4.39 Å². The van der Waals surface area contributed by atoms with E-state index in [1.54, 1.807) is 13.0 Å². The Balaban J connectivity index is 1.12. The summed E-state index contributed by atoms with van der Waals surface area (Å²) in [5.74, 6) is 1.31. The zero-order valence-electron chi connectivity index (χ0n) is 21.9. The van der Waals surface area contributed by atoms with Crippen molar-refractivity contribution < 1.29 is 28.6 Å². The van der Waals surface area contributed by atoms with E-state index >= 15 is 0 Å². The summed E-state index contributed by atoms with van der Waals surface area (Å²) in [4.78, 5) is 24.9. The normalized spacial score (nSPS) is 39.4. The molecular weight excluding hydrogens is 475 g/mol. The molecule has 1 aromatic rings. The van der Waals surface area contributed by atoms with E-state index in [-0.39, 0.29) is 35.3 Å². The topological polar surface area (TPSA) is 96.9 Å². The number of nitrogens with one attached hydrogen (secondary N) is 2. The number of amides is 1. The van der Waals surface area contributed by atoms with Gasteiger partial charge in [0.1, 0.15) is 5.75 Å². The summed E-state index contributed by atoms with van der Waals surface area (Å²) in [6.45, 7) is 2.23. The number of carbonyl (C=O) groups is 2. The first-order chi connectivity index (χ1) is 17.7. The molecule has 1 amide bonds. The van der Waals surface area contributed by atoms with Crippen LogP contribution in [0, 0.1) is 34.9 Å². The van der Waals surface area contributed by atoms with Crippen LogP contribution in [0.25, 0.3) is 0 Å². The molecule has 37 heavy (non-hydrogen) atoms. The Hall–Kier alpha value is -2.35. The minimum absolute atomic E-state index is 0.0132. The summed E-state index contributed by atoms with van der Waals surface area (Å²) in [7, 11) is 1.53. The third-order valence-electron chi connectivity index (χ3n) is 10.4. The maximum atomic E-state index is 14.9. The second kappa shape index (κ2) is 9.14. The van der Waals surface area contributed by atoms with Gasteiger partial charge in [-0.1, -0.05) is 0 Å². The molecule has 6 aliphatic carbocycles. The Bertz CT molecular complexity index is 1070. The number of fused-ring (bicyclic) bond motifs is 2. The van der Waals surface area contributed by atoms with E-state index in [1.165, 1.54) is 13.2 Å². The largest absolute Gasteiger partial charge is 0.496 e. The maximum absolute atomic E-state index is 14.9. The lowest BCUT2D eigenvalue weighted by molar-refractivity contribution is -0.150. The number of halogens is 1. The van der Waals surface area contributed by atoms with E-state index in [2.05, 4.69) is 10.6 Å². The number of benzene rings is 1. The molecule has 4 atom stereocenters. The smallest absolute Gasteiger partial charge is 0.309 e. The van der Waals surface area contributed by atoms with E-state index < -0.39 is 17.2 Å². The molecule has 7 rings (SSSR count). The molecule has 1 aromatic carbocycles. The molecule has 202 valence electrons. The van der Waals surface area contributed by atoms with Crippen molar-refractivity contribution in [1.29, 1.82) is 0 Å². The van der Waals surface area contributed by atoms with Gasteiger partial charge in [0.15, 0.2) is 11.6 Å². The highest BCUT2D eigenvalue weighted by Crippen LogP contribution is 2.57. The van der Waals surface area contributed by atoms with Gasteiger partial charge < -0.3 is 25.2 Å². The molecule has 3 N–H and O–H groups in total. The van der Waals surface area contributed by atoms with Gasteiger partial charge in [0, 0.05) is 29.8 Å². The fourth-order valence-corrected chi connectivity index (χ4v) is 7.90. The van der Waals surface area contributed by atoms with Gasteiger partial charge in [-0.15, -0.1) is 0 Å². The minimum Gasteiger partial charge on any atom is -0.496 e. The zero-order chi connectivity index (χ0) is 25.9. The Morgan fingerprint density at radius 1 is 1.08 bits per heavy atom. The van der Waals surface area contributed by atoms with E-state index in [4.69, 9.17) is 9.47 Å². The maximum Gasteiger partial charge on any atom is 0.309 e. The molecule has 0 spiro atoms. The van der Waals surface area contributed by atoms with Gasteiger partial charge in [0.25, 0.3) is 0 Å². The van der Waals surface area contributed by atoms with Gasteiger partial charge in [-0.05, 0) is 95.0 Å². The summed E-state index contributed by atoms with van der Waals surface area (Å²) < 4.78 is 26.4. The first-order valence-corrected chi connectivity index (χ1v) is 14.0. The monoisotopic (exact) mass is 514 g/mol. The lowest BCUT2D eigenvalue weighted by atomic mass is 9.50. The minimum atomic E-state index is -0.785. The molecule has 7 nitrogen and oxygen atoms in total. The number of carboxylic acids is 1. The van der Waals surface area contributed by atoms with Crippen molar-refractivity contribution in [2.24, 2.45) is 29.1 Å². The summed E-state index contributed by atoms with van der Waals surface area (Å²) in [5.41, 5.74) is 0.142. The van der Waals surface area contributed by atoms with Crippen molar-refractivity contribution in [3.8, 4) is 11.5 Å². The Labute approximate surface area is 217 Å². The van der Waals surface area contributed by atoms with E-state index in [9.17, 15) is 19.1 Å². The first-order valence-electron chi connectivity index (χ1n) is 14.0. The van der Waals surface area contributed by atoms with Crippen molar-refractivity contribution in [2.75, 3.05) is 7.11 Å². The predicted molar refractivity (Wildman–Crippen MR) is 135 cm³/mol. The van der Waals surface area contributed by atoms with Gasteiger partial charge in [-0.3, -0.25) is 9.59 Å². The van der Waals surface area contributed by atoms with Gasteiger partial charge in [-0.2, -0.15) is 0 Å². The lowest BCUT2D eigenvalue weighted by Gasteiger charge is -2.62. The molecule has 0 unspecified atom stereocenters. The van der Waals surface area contributed by atoms with Crippen molar-refractivity contribution in [1.82, 2.24) is 10.6 Å². The summed E-state index contributed by atoms with van der Waals surface area (Å²) in [5, 5.41) is 16.5. The molecule has 6 fully saturated rings. The van der Waals surface area contributed by atoms with E-state index in [0.29, 0.717) is 49.8 Å². The van der Waals surface area contributed by atoms with E-state index in [1.807, 2.05) is 0 Å². The number of rotatable bonds is 9. The lowest BCUT2D eigenvalue weighted by Crippen LogP contribution is -2.69. The second-order valence-electron chi connectivity index (χ2n) is 12.8. The number of aliphatic carboxylic acids is 1. The summed E-state index contributed by atoms with van der Waals surface area (Å²) >= 11 is 0. The molecule has 0 saturated heterocycles. The molecule has 4 bridgehead atoms. The molecule has 0 radical (unpaired) electrons.